The molecule has 0 fully saturated rings. The second kappa shape index (κ2) is 15.7. The molecule has 120 valence electrons. The molecular weight excluding hydrogens is 278 g/mol. The van der Waals surface area contributed by atoms with E-state index in [1.807, 2.05) is 0 Å². The van der Waals surface area contributed by atoms with Crippen molar-refractivity contribution < 1.29 is 29.3 Å². The molecule has 0 rings (SSSR count). The van der Waals surface area contributed by atoms with E-state index in [0.29, 0.717) is 6.42 Å². The van der Waals surface area contributed by atoms with Crippen LogP contribution in [0.1, 0.15) is 26.7 Å². The van der Waals surface area contributed by atoms with Gasteiger partial charge in [-0.3, -0.25) is 14.4 Å². The van der Waals surface area contributed by atoms with Gasteiger partial charge < -0.3 is 20.7 Å². The molecule has 2 atom stereocenters. The summed E-state index contributed by atoms with van der Waals surface area (Å²) in [5, 5.41) is 16.9. The molecule has 4 N–H and O–H groups in total. The van der Waals surface area contributed by atoms with Gasteiger partial charge in [-0.15, -0.1) is 5.73 Å². The number of rotatable bonds is 6. The topological polar surface area (TPSA) is 127 Å². The van der Waals surface area contributed by atoms with Crippen LogP contribution in [0.3, 0.4) is 0 Å². The van der Waals surface area contributed by atoms with Gasteiger partial charge in [-0.25, -0.2) is 0 Å². The number of carboxylic acids is 2. The minimum Gasteiger partial charge on any atom is -0.481 e. The van der Waals surface area contributed by atoms with Gasteiger partial charge >= 0.3 is 17.9 Å². The molecular formula is C14H23NO6. The monoisotopic (exact) mass is 301 g/mol. The van der Waals surface area contributed by atoms with Gasteiger partial charge in [-0.1, -0.05) is 26.7 Å². The quantitative estimate of drug-likeness (QED) is 0.386. The molecule has 0 amide bonds. The summed E-state index contributed by atoms with van der Waals surface area (Å²) in [7, 11) is 0. The zero-order valence-corrected chi connectivity index (χ0v) is 12.4. The molecule has 0 aromatic carbocycles. The second-order valence-corrected chi connectivity index (χ2v) is 3.65. The second-order valence-electron chi connectivity index (χ2n) is 3.65. The summed E-state index contributed by atoms with van der Waals surface area (Å²) in [6.07, 6.45) is 1.49. The van der Waals surface area contributed by atoms with Crippen molar-refractivity contribution in [2.45, 2.75) is 32.7 Å². The third kappa shape index (κ3) is 20.1. The lowest BCUT2D eigenvalue weighted by Crippen LogP contribution is -2.34. The van der Waals surface area contributed by atoms with Crippen molar-refractivity contribution in [2.24, 2.45) is 11.7 Å². The van der Waals surface area contributed by atoms with Gasteiger partial charge in [-0.05, 0) is 12.8 Å². The SMILES string of the molecule is C=C=C.C=COC(C)=O.CCC(CC(N)C(=O)O)C(=O)O. The van der Waals surface area contributed by atoms with Gasteiger partial charge in [0.1, 0.15) is 6.04 Å². The number of hydrogen-bond acceptors (Lipinski definition) is 5. The van der Waals surface area contributed by atoms with Gasteiger partial charge in [-0.2, -0.15) is 0 Å². The Hall–Kier alpha value is -2.37. The van der Waals surface area contributed by atoms with Crippen LogP contribution in [0.15, 0.2) is 31.7 Å². The standard InChI is InChI=1S/C7H13NO4.C4H6O2.C3H4/c1-2-4(6(9)10)3-5(8)7(11)12;1-3-6-4(2)5;1-3-2/h4-5H,2-3,8H2,1H3,(H,9,10)(H,11,12);3H,1H2,2H3;1-2H2. The fourth-order valence-electron chi connectivity index (χ4n) is 0.967. The lowest BCUT2D eigenvalue weighted by molar-refractivity contribution is -0.143. The van der Waals surface area contributed by atoms with Crippen LogP contribution in [0.4, 0.5) is 0 Å². The number of carbonyl (C=O) groups excluding carboxylic acids is 1. The van der Waals surface area contributed by atoms with Gasteiger partial charge in [0.15, 0.2) is 0 Å². The highest BCUT2D eigenvalue weighted by Gasteiger charge is 2.22. The summed E-state index contributed by atoms with van der Waals surface area (Å²) in [4.78, 5) is 30.4. The molecule has 0 aliphatic heterocycles. The van der Waals surface area contributed by atoms with Crippen LogP contribution in [-0.4, -0.2) is 34.2 Å². The highest BCUT2D eigenvalue weighted by molar-refractivity contribution is 5.75. The highest BCUT2D eigenvalue weighted by atomic mass is 16.5. The summed E-state index contributed by atoms with van der Waals surface area (Å²) < 4.78 is 4.17. The number of aliphatic carboxylic acids is 2. The van der Waals surface area contributed by atoms with E-state index in [9.17, 15) is 14.4 Å². The van der Waals surface area contributed by atoms with Crippen molar-refractivity contribution in [1.29, 1.82) is 0 Å². The largest absolute Gasteiger partial charge is 0.481 e. The van der Waals surface area contributed by atoms with E-state index in [4.69, 9.17) is 15.9 Å². The first-order valence-corrected chi connectivity index (χ1v) is 5.96. The molecule has 0 spiro atoms. The number of ether oxygens (including phenoxy) is 1. The molecule has 0 radical (unpaired) electrons. The Morgan fingerprint density at radius 1 is 1.29 bits per heavy atom. The number of esters is 1. The Morgan fingerprint density at radius 3 is 1.86 bits per heavy atom. The maximum atomic E-state index is 10.4. The van der Waals surface area contributed by atoms with Gasteiger partial charge in [0, 0.05) is 6.92 Å². The van der Waals surface area contributed by atoms with Crippen LogP contribution >= 0.6 is 0 Å². The summed E-state index contributed by atoms with van der Waals surface area (Å²) >= 11 is 0. The Morgan fingerprint density at radius 2 is 1.71 bits per heavy atom. The van der Waals surface area contributed by atoms with Crippen molar-refractivity contribution in [2.75, 3.05) is 0 Å². The maximum absolute atomic E-state index is 10.4. The number of carboxylic acid groups (broad SMARTS) is 2. The van der Waals surface area contributed by atoms with Crippen molar-refractivity contribution in [1.82, 2.24) is 0 Å². The number of nitrogens with two attached hydrogens (primary N) is 1. The summed E-state index contributed by atoms with van der Waals surface area (Å²) in [5.74, 6) is -3.13. The van der Waals surface area contributed by atoms with Gasteiger partial charge in [0.2, 0.25) is 0 Å². The van der Waals surface area contributed by atoms with Crippen LogP contribution in [0.5, 0.6) is 0 Å². The first-order valence-electron chi connectivity index (χ1n) is 5.96. The van der Waals surface area contributed by atoms with E-state index in [0.717, 1.165) is 6.26 Å². The molecule has 2 unspecified atom stereocenters. The Labute approximate surface area is 124 Å². The van der Waals surface area contributed by atoms with Crippen molar-refractivity contribution in [3.05, 3.63) is 31.7 Å². The van der Waals surface area contributed by atoms with Gasteiger partial charge in [0.25, 0.3) is 0 Å². The van der Waals surface area contributed by atoms with E-state index in [2.05, 4.69) is 30.2 Å². The lowest BCUT2D eigenvalue weighted by Gasteiger charge is -2.11. The van der Waals surface area contributed by atoms with E-state index in [1.54, 1.807) is 6.92 Å². The van der Waals surface area contributed by atoms with E-state index >= 15 is 0 Å². The Bertz CT molecular complexity index is 372. The molecule has 0 saturated heterocycles. The first-order chi connectivity index (χ1) is 9.67. The van der Waals surface area contributed by atoms with Crippen LogP contribution in [0.2, 0.25) is 0 Å². The fourth-order valence-corrected chi connectivity index (χ4v) is 0.967. The fraction of sp³-hybridized carbons (Fsp3) is 0.429. The zero-order valence-electron chi connectivity index (χ0n) is 12.4. The predicted octanol–water partition coefficient (Wildman–Crippen LogP) is 1.55. The molecule has 0 heterocycles. The smallest absolute Gasteiger partial charge is 0.320 e. The minimum absolute atomic E-state index is 0.0127. The van der Waals surface area contributed by atoms with E-state index in [-0.39, 0.29) is 12.4 Å². The molecule has 0 aliphatic carbocycles. The Kier molecular flexibility index (Phi) is 17.7. The molecule has 0 aromatic rings. The summed E-state index contributed by atoms with van der Waals surface area (Å²) in [5.41, 5.74) is 7.42. The Balaban J connectivity index is -0.000000300. The lowest BCUT2D eigenvalue weighted by atomic mass is 9.98. The molecule has 7 heteroatoms. The molecule has 7 nitrogen and oxygen atoms in total. The van der Waals surface area contributed by atoms with Crippen molar-refractivity contribution in [3.63, 3.8) is 0 Å². The highest BCUT2D eigenvalue weighted by Crippen LogP contribution is 2.10. The van der Waals surface area contributed by atoms with Crippen LogP contribution in [-0.2, 0) is 19.1 Å². The molecule has 0 aromatic heterocycles. The summed E-state index contributed by atoms with van der Waals surface area (Å²) in [6, 6.07) is -1.08. The number of hydrogen-bond donors (Lipinski definition) is 3. The average molecular weight is 301 g/mol. The maximum Gasteiger partial charge on any atom is 0.320 e. The van der Waals surface area contributed by atoms with Crippen LogP contribution < -0.4 is 5.73 Å². The molecule has 0 saturated carbocycles. The minimum atomic E-state index is -1.16. The third-order valence-electron chi connectivity index (χ3n) is 1.95. The number of carbonyl (C=O) groups is 3. The van der Waals surface area contributed by atoms with Crippen LogP contribution in [0.25, 0.3) is 0 Å². The third-order valence-corrected chi connectivity index (χ3v) is 1.95. The normalized spacial score (nSPS) is 11.0. The predicted molar refractivity (Wildman–Crippen MR) is 78.4 cm³/mol. The zero-order chi connectivity index (χ0) is 17.4. The molecule has 0 aliphatic rings. The first kappa shape index (κ1) is 23.7. The van der Waals surface area contributed by atoms with Crippen molar-refractivity contribution >= 4 is 17.9 Å². The summed E-state index contributed by atoms with van der Waals surface area (Å²) in [6.45, 7) is 12.4. The van der Waals surface area contributed by atoms with E-state index in [1.165, 1.54) is 6.92 Å². The molecule has 21 heavy (non-hydrogen) atoms. The van der Waals surface area contributed by atoms with E-state index < -0.39 is 23.9 Å². The molecule has 0 bridgehead atoms. The van der Waals surface area contributed by atoms with Gasteiger partial charge in [0.05, 0.1) is 12.2 Å². The van der Waals surface area contributed by atoms with Crippen molar-refractivity contribution in [3.8, 4) is 0 Å². The van der Waals surface area contributed by atoms with Crippen LogP contribution in [0, 0.1) is 5.92 Å². The average Bonchev–Trinajstić information content (AvgIpc) is 2.36.